The van der Waals surface area contributed by atoms with Crippen LogP contribution in [0.15, 0.2) is 30.7 Å². The van der Waals surface area contributed by atoms with Crippen LogP contribution in [-0.4, -0.2) is 52.8 Å². The number of nitrogens with zero attached hydrogens (tertiary/aromatic N) is 7. The number of piperidine rings is 1. The van der Waals surface area contributed by atoms with Crippen molar-refractivity contribution in [1.82, 2.24) is 33.8 Å². The summed E-state index contributed by atoms with van der Waals surface area (Å²) in [5.41, 5.74) is 0.727. The molecule has 0 aliphatic carbocycles. The molecule has 1 fully saturated rings. The number of amides is 1. The summed E-state index contributed by atoms with van der Waals surface area (Å²) in [5.74, 6) is 3.10. The summed E-state index contributed by atoms with van der Waals surface area (Å²) < 4.78 is 6.00. The molecule has 0 N–H and O–H groups in total. The highest BCUT2D eigenvalue weighted by atomic mass is 16.2. The van der Waals surface area contributed by atoms with Crippen LogP contribution in [0.4, 0.5) is 0 Å². The lowest BCUT2D eigenvalue weighted by atomic mass is 9.97. The molecule has 0 saturated carbocycles. The van der Waals surface area contributed by atoms with Gasteiger partial charge in [0.25, 0.3) is 5.91 Å². The third kappa shape index (κ3) is 3.27. The van der Waals surface area contributed by atoms with Gasteiger partial charge in [0.2, 0.25) is 0 Å². The summed E-state index contributed by atoms with van der Waals surface area (Å²) in [6.07, 6.45) is 7.64. The molecule has 8 heteroatoms. The molecule has 27 heavy (non-hydrogen) atoms. The van der Waals surface area contributed by atoms with Gasteiger partial charge in [-0.25, -0.2) is 4.98 Å². The third-order valence-corrected chi connectivity index (χ3v) is 5.47. The van der Waals surface area contributed by atoms with Crippen LogP contribution in [-0.2, 0) is 20.6 Å². The predicted molar refractivity (Wildman–Crippen MR) is 100 cm³/mol. The molecule has 0 aromatic carbocycles. The Hall–Kier alpha value is -2.90. The van der Waals surface area contributed by atoms with Crippen LogP contribution in [0, 0.1) is 6.92 Å². The van der Waals surface area contributed by atoms with Crippen molar-refractivity contribution < 1.29 is 4.79 Å². The van der Waals surface area contributed by atoms with E-state index in [1.807, 2.05) is 55.0 Å². The summed E-state index contributed by atoms with van der Waals surface area (Å²) >= 11 is 0. The van der Waals surface area contributed by atoms with Crippen molar-refractivity contribution in [3.63, 3.8) is 0 Å². The SMILES string of the molecule is Cc1nccn1Cc1nnc([C@@H]2CCCN(C(=O)c3cccn3C)C2)n1C. The van der Waals surface area contributed by atoms with Gasteiger partial charge in [0.15, 0.2) is 5.82 Å². The van der Waals surface area contributed by atoms with E-state index in [2.05, 4.69) is 24.3 Å². The Morgan fingerprint density at radius 1 is 1.26 bits per heavy atom. The van der Waals surface area contributed by atoms with E-state index in [0.717, 1.165) is 42.6 Å². The number of imidazole rings is 1. The van der Waals surface area contributed by atoms with Gasteiger partial charge in [-0.3, -0.25) is 4.79 Å². The summed E-state index contributed by atoms with van der Waals surface area (Å²) in [7, 11) is 3.91. The van der Waals surface area contributed by atoms with Gasteiger partial charge in [-0.1, -0.05) is 0 Å². The van der Waals surface area contributed by atoms with Crippen molar-refractivity contribution in [1.29, 1.82) is 0 Å². The fraction of sp³-hybridized carbons (Fsp3) is 0.474. The molecular weight excluding hydrogens is 342 g/mol. The summed E-state index contributed by atoms with van der Waals surface area (Å²) in [6, 6.07) is 3.78. The van der Waals surface area contributed by atoms with Gasteiger partial charge < -0.3 is 18.6 Å². The molecule has 0 bridgehead atoms. The summed E-state index contributed by atoms with van der Waals surface area (Å²) in [5, 5.41) is 8.86. The highest BCUT2D eigenvalue weighted by Crippen LogP contribution is 2.27. The third-order valence-electron chi connectivity index (χ3n) is 5.47. The predicted octanol–water partition coefficient (Wildman–Crippen LogP) is 1.73. The number of aromatic nitrogens is 6. The Labute approximate surface area is 158 Å². The lowest BCUT2D eigenvalue weighted by molar-refractivity contribution is 0.0693. The van der Waals surface area contributed by atoms with E-state index >= 15 is 0 Å². The zero-order valence-electron chi connectivity index (χ0n) is 16.0. The number of hydrogen-bond acceptors (Lipinski definition) is 4. The van der Waals surface area contributed by atoms with Crippen molar-refractivity contribution in [2.75, 3.05) is 13.1 Å². The second-order valence-corrected chi connectivity index (χ2v) is 7.23. The van der Waals surface area contributed by atoms with Crippen molar-refractivity contribution in [2.24, 2.45) is 14.1 Å². The Kier molecular flexibility index (Phi) is 4.55. The molecule has 0 radical (unpaired) electrons. The first kappa shape index (κ1) is 17.5. The molecule has 4 rings (SSSR count). The molecule has 1 amide bonds. The maximum absolute atomic E-state index is 12.8. The van der Waals surface area contributed by atoms with E-state index in [1.54, 1.807) is 6.20 Å². The molecule has 1 saturated heterocycles. The Morgan fingerprint density at radius 2 is 2.11 bits per heavy atom. The van der Waals surface area contributed by atoms with Crippen molar-refractivity contribution in [2.45, 2.75) is 32.2 Å². The molecule has 8 nitrogen and oxygen atoms in total. The quantitative estimate of drug-likeness (QED) is 0.704. The highest BCUT2D eigenvalue weighted by molar-refractivity contribution is 5.92. The monoisotopic (exact) mass is 367 g/mol. The molecule has 0 spiro atoms. The van der Waals surface area contributed by atoms with Gasteiger partial charge in [-0.05, 0) is 31.9 Å². The second kappa shape index (κ2) is 7.02. The molecule has 1 atom stereocenters. The minimum absolute atomic E-state index is 0.0867. The molecule has 1 aliphatic heterocycles. The molecular formula is C19H25N7O. The van der Waals surface area contributed by atoms with E-state index < -0.39 is 0 Å². The number of rotatable bonds is 4. The van der Waals surface area contributed by atoms with Crippen molar-refractivity contribution in [3.05, 3.63) is 53.9 Å². The first-order chi connectivity index (χ1) is 13.0. The van der Waals surface area contributed by atoms with Crippen molar-refractivity contribution in [3.8, 4) is 0 Å². The molecule has 3 aromatic rings. The van der Waals surface area contributed by atoms with Crippen LogP contribution in [0.5, 0.6) is 0 Å². The fourth-order valence-electron chi connectivity index (χ4n) is 3.81. The summed E-state index contributed by atoms with van der Waals surface area (Å²) in [6.45, 7) is 4.10. The van der Waals surface area contributed by atoms with Gasteiger partial charge in [0.05, 0.1) is 6.54 Å². The van der Waals surface area contributed by atoms with Crippen LogP contribution in [0.25, 0.3) is 0 Å². The molecule has 0 unspecified atom stereocenters. The zero-order valence-corrected chi connectivity index (χ0v) is 16.0. The van der Waals surface area contributed by atoms with Crippen LogP contribution in [0.1, 0.15) is 46.7 Å². The lowest BCUT2D eigenvalue weighted by Crippen LogP contribution is -2.40. The van der Waals surface area contributed by atoms with Gasteiger partial charge in [0.1, 0.15) is 17.3 Å². The van der Waals surface area contributed by atoms with E-state index in [4.69, 9.17) is 0 Å². The van der Waals surface area contributed by atoms with E-state index in [0.29, 0.717) is 13.1 Å². The number of carbonyl (C=O) groups excluding carboxylic acids is 1. The van der Waals surface area contributed by atoms with Crippen LogP contribution < -0.4 is 0 Å². The normalized spacial score (nSPS) is 17.4. The van der Waals surface area contributed by atoms with Crippen LogP contribution >= 0.6 is 0 Å². The maximum atomic E-state index is 12.8. The Bertz CT molecular complexity index is 951. The topological polar surface area (TPSA) is 73.8 Å². The van der Waals surface area contributed by atoms with Gasteiger partial charge in [0, 0.05) is 51.7 Å². The number of aryl methyl sites for hydroxylation is 2. The fourth-order valence-corrected chi connectivity index (χ4v) is 3.81. The molecule has 142 valence electrons. The first-order valence-corrected chi connectivity index (χ1v) is 9.31. The van der Waals surface area contributed by atoms with E-state index in [1.165, 1.54) is 0 Å². The molecule has 1 aliphatic rings. The Balaban J connectivity index is 1.51. The van der Waals surface area contributed by atoms with E-state index in [9.17, 15) is 4.79 Å². The van der Waals surface area contributed by atoms with Crippen LogP contribution in [0.3, 0.4) is 0 Å². The largest absolute Gasteiger partial charge is 0.347 e. The minimum Gasteiger partial charge on any atom is -0.347 e. The maximum Gasteiger partial charge on any atom is 0.270 e. The average Bonchev–Trinajstić information content (AvgIpc) is 3.37. The van der Waals surface area contributed by atoms with Crippen LogP contribution in [0.2, 0.25) is 0 Å². The average molecular weight is 367 g/mol. The smallest absolute Gasteiger partial charge is 0.270 e. The first-order valence-electron chi connectivity index (χ1n) is 9.31. The minimum atomic E-state index is 0.0867. The van der Waals surface area contributed by atoms with Gasteiger partial charge in [-0.2, -0.15) is 0 Å². The lowest BCUT2D eigenvalue weighted by Gasteiger charge is -2.32. The van der Waals surface area contributed by atoms with E-state index in [-0.39, 0.29) is 11.8 Å². The van der Waals surface area contributed by atoms with Crippen molar-refractivity contribution >= 4 is 5.91 Å². The zero-order chi connectivity index (χ0) is 19.0. The Morgan fingerprint density at radius 3 is 2.81 bits per heavy atom. The van der Waals surface area contributed by atoms with Gasteiger partial charge in [-0.15, -0.1) is 10.2 Å². The number of likely N-dealkylation sites (tertiary alicyclic amines) is 1. The summed E-state index contributed by atoms with van der Waals surface area (Å²) in [4.78, 5) is 19.1. The molecule has 4 heterocycles. The highest BCUT2D eigenvalue weighted by Gasteiger charge is 2.29. The standard InChI is InChI=1S/C19H25N7O/c1-14-20-8-11-25(14)13-17-21-22-18(24(17)3)15-6-4-10-26(12-15)19(27)16-7-5-9-23(16)2/h5,7-9,11,15H,4,6,10,12-13H2,1-3H3/t15-/m1/s1. The second-order valence-electron chi connectivity index (χ2n) is 7.23. The van der Waals surface area contributed by atoms with Gasteiger partial charge >= 0.3 is 0 Å². The molecule has 3 aromatic heterocycles. The number of hydrogen-bond donors (Lipinski definition) is 0. The number of carbonyl (C=O) groups is 1.